The molecule has 242 valence electrons. The van der Waals surface area contributed by atoms with Crippen molar-refractivity contribution in [3.05, 3.63) is 81.7 Å². The predicted molar refractivity (Wildman–Crippen MR) is 182 cm³/mol. The molecule has 0 aliphatic carbocycles. The highest BCUT2D eigenvalue weighted by Crippen LogP contribution is 2.46. The van der Waals surface area contributed by atoms with E-state index in [0.29, 0.717) is 24.5 Å². The topological polar surface area (TPSA) is 87.1 Å². The smallest absolute Gasteiger partial charge is 0.410 e. The molecule has 2 heterocycles. The van der Waals surface area contributed by atoms with Crippen molar-refractivity contribution in [2.24, 2.45) is 4.76 Å². The molecule has 1 amide bonds. The second-order valence-electron chi connectivity index (χ2n) is 12.8. The predicted octanol–water partition coefficient (Wildman–Crippen LogP) is 9.33. The summed E-state index contributed by atoms with van der Waals surface area (Å²) < 4.78 is 39.5. The SMILES string of the molecule is CC(C)c1ccccc1NP(C)(=O)N=C(c1cc(Cl)c(-c2ccccc2F)nc1Cl)N1C[C@@H](C)N(C(=O)OC(C)(C)C)C[C@@H]1C. The van der Waals surface area contributed by atoms with Crippen LogP contribution in [0.2, 0.25) is 10.2 Å². The molecule has 1 N–H and O–H groups in total. The number of amides is 1. The first-order valence-corrected chi connectivity index (χ1v) is 17.8. The average molecular weight is 677 g/mol. The lowest BCUT2D eigenvalue weighted by molar-refractivity contribution is 0.000514. The normalized spacial score (nSPS) is 19.0. The molecule has 0 bridgehead atoms. The van der Waals surface area contributed by atoms with Crippen LogP contribution in [-0.2, 0) is 9.30 Å². The first-order chi connectivity index (χ1) is 21.0. The van der Waals surface area contributed by atoms with Crippen molar-refractivity contribution in [2.75, 3.05) is 24.8 Å². The van der Waals surface area contributed by atoms with Crippen LogP contribution in [0.4, 0.5) is 14.9 Å². The number of nitrogens with zero attached hydrogens (tertiary/aromatic N) is 4. The average Bonchev–Trinajstić information content (AvgIpc) is 2.93. The summed E-state index contributed by atoms with van der Waals surface area (Å²) >= 11 is 13.5. The van der Waals surface area contributed by atoms with Crippen molar-refractivity contribution in [3.8, 4) is 11.3 Å². The third-order valence-electron chi connectivity index (χ3n) is 7.38. The third kappa shape index (κ3) is 8.37. The summed E-state index contributed by atoms with van der Waals surface area (Å²) in [6.45, 7) is 15.7. The van der Waals surface area contributed by atoms with Gasteiger partial charge in [0.2, 0.25) is 0 Å². The van der Waals surface area contributed by atoms with Crippen molar-refractivity contribution in [1.29, 1.82) is 0 Å². The summed E-state index contributed by atoms with van der Waals surface area (Å²) in [7, 11) is -3.49. The minimum absolute atomic E-state index is 0.0217. The van der Waals surface area contributed by atoms with Crippen LogP contribution in [-0.4, -0.2) is 64.2 Å². The Kier molecular flexibility index (Phi) is 10.6. The molecule has 1 fully saturated rings. The van der Waals surface area contributed by atoms with Crippen LogP contribution < -0.4 is 5.09 Å². The Morgan fingerprint density at radius 1 is 1.07 bits per heavy atom. The fraction of sp³-hybridized carbons (Fsp3) is 0.424. The molecule has 0 radical (unpaired) electrons. The maximum Gasteiger partial charge on any atom is 0.410 e. The Labute approximate surface area is 275 Å². The molecule has 1 saturated heterocycles. The Morgan fingerprint density at radius 3 is 2.31 bits per heavy atom. The van der Waals surface area contributed by atoms with Gasteiger partial charge < -0.3 is 19.6 Å². The summed E-state index contributed by atoms with van der Waals surface area (Å²) in [5.74, 6) is -0.00300. The fourth-order valence-electron chi connectivity index (χ4n) is 5.26. The van der Waals surface area contributed by atoms with Gasteiger partial charge in [-0.2, -0.15) is 4.76 Å². The molecular formula is C33H41Cl2FN5O3P. The van der Waals surface area contributed by atoms with Crippen LogP contribution >= 0.6 is 30.6 Å². The van der Waals surface area contributed by atoms with Crippen LogP contribution in [0.25, 0.3) is 11.3 Å². The van der Waals surface area contributed by atoms with Gasteiger partial charge in [-0.1, -0.05) is 67.4 Å². The number of hydrogen-bond acceptors (Lipinski definition) is 4. The van der Waals surface area contributed by atoms with E-state index in [0.717, 1.165) is 11.3 Å². The molecular weight excluding hydrogens is 635 g/mol. The second kappa shape index (κ2) is 13.7. The quantitative estimate of drug-likeness (QED) is 0.121. The monoisotopic (exact) mass is 675 g/mol. The third-order valence-corrected chi connectivity index (χ3v) is 9.18. The van der Waals surface area contributed by atoms with Crippen LogP contribution in [0.3, 0.4) is 0 Å². The van der Waals surface area contributed by atoms with Crippen LogP contribution in [0.15, 0.2) is 59.4 Å². The molecule has 8 nitrogen and oxygen atoms in total. The lowest BCUT2D eigenvalue weighted by Crippen LogP contribution is -2.60. The number of carbonyl (C=O) groups excluding carboxylic acids is 1. The molecule has 1 unspecified atom stereocenters. The molecule has 12 heteroatoms. The minimum atomic E-state index is -3.49. The number of benzene rings is 2. The molecule has 1 aliphatic rings. The van der Waals surface area contributed by atoms with Gasteiger partial charge in [-0.05, 0) is 70.4 Å². The molecule has 0 saturated carbocycles. The standard InChI is InChI=1S/C33H41Cl2FN5O3P/c1-20(2)23-13-10-12-16-28(23)38-45(8,43)39-31(40-18-22(4)41(19-21(40)3)32(42)44-33(5,6)7)25-17-26(34)29(37-30(25)35)24-14-9-11-15-27(24)36/h9-17,20-22H,18-19H2,1-8H3,(H,38,43)/t21-,22+,45?/m0/s1. The number of hydrogen-bond donors (Lipinski definition) is 1. The highest BCUT2D eigenvalue weighted by molar-refractivity contribution is 7.63. The Hall–Kier alpha value is -3.13. The Balaban J connectivity index is 1.81. The van der Waals surface area contributed by atoms with Gasteiger partial charge in [-0.3, -0.25) is 4.57 Å². The van der Waals surface area contributed by atoms with E-state index in [9.17, 15) is 13.8 Å². The number of para-hydroxylation sites is 1. The molecule has 0 spiro atoms. The van der Waals surface area contributed by atoms with Gasteiger partial charge in [-0.25, -0.2) is 14.2 Å². The van der Waals surface area contributed by atoms with Gasteiger partial charge >= 0.3 is 6.09 Å². The highest BCUT2D eigenvalue weighted by atomic mass is 35.5. The van der Waals surface area contributed by atoms with Crippen LogP contribution in [0.1, 0.15) is 65.5 Å². The number of carbonyl (C=O) groups is 1. The number of aromatic nitrogens is 1. The maximum absolute atomic E-state index is 14.7. The largest absolute Gasteiger partial charge is 0.444 e. The number of nitrogens with one attached hydrogen (secondary N) is 1. The summed E-state index contributed by atoms with van der Waals surface area (Å²) in [6, 6.07) is 14.9. The molecule has 3 aromatic rings. The molecule has 2 aromatic carbocycles. The summed E-state index contributed by atoms with van der Waals surface area (Å²) in [5.41, 5.74) is 1.80. The van der Waals surface area contributed by atoms with E-state index in [1.807, 2.05) is 63.8 Å². The number of piperazine rings is 1. The second-order valence-corrected chi connectivity index (χ2v) is 15.7. The first kappa shape index (κ1) is 34.7. The summed E-state index contributed by atoms with van der Waals surface area (Å²) in [5, 5.41) is 3.35. The van der Waals surface area contributed by atoms with E-state index < -0.39 is 25.0 Å². The summed E-state index contributed by atoms with van der Waals surface area (Å²) in [6.07, 6.45) is -0.412. The zero-order chi connectivity index (χ0) is 33.3. The molecule has 45 heavy (non-hydrogen) atoms. The number of amidine groups is 1. The fourth-order valence-corrected chi connectivity index (χ4v) is 7.02. The number of anilines is 1. The Morgan fingerprint density at radius 2 is 1.67 bits per heavy atom. The van der Waals surface area contributed by atoms with Crippen molar-refractivity contribution >= 4 is 48.3 Å². The van der Waals surface area contributed by atoms with E-state index >= 15 is 0 Å². The van der Waals surface area contributed by atoms with Crippen molar-refractivity contribution < 1.29 is 18.5 Å². The van der Waals surface area contributed by atoms with Gasteiger partial charge in [0.1, 0.15) is 22.4 Å². The molecule has 1 aliphatic heterocycles. The van der Waals surface area contributed by atoms with Gasteiger partial charge in [0.15, 0.2) is 0 Å². The minimum Gasteiger partial charge on any atom is -0.444 e. The van der Waals surface area contributed by atoms with E-state index in [4.69, 9.17) is 32.7 Å². The highest BCUT2D eigenvalue weighted by Gasteiger charge is 2.37. The zero-order valence-corrected chi connectivity index (χ0v) is 29.3. The Bertz CT molecular complexity index is 1640. The van der Waals surface area contributed by atoms with E-state index in [2.05, 4.69) is 23.9 Å². The van der Waals surface area contributed by atoms with E-state index in [-0.39, 0.29) is 39.4 Å². The van der Waals surface area contributed by atoms with Crippen LogP contribution in [0, 0.1) is 5.82 Å². The summed E-state index contributed by atoms with van der Waals surface area (Å²) in [4.78, 5) is 21.2. The van der Waals surface area contributed by atoms with Gasteiger partial charge in [0, 0.05) is 43.1 Å². The van der Waals surface area contributed by atoms with E-state index in [1.165, 1.54) is 6.07 Å². The first-order valence-electron chi connectivity index (χ1n) is 14.9. The molecule has 3 atom stereocenters. The van der Waals surface area contributed by atoms with Crippen molar-refractivity contribution in [2.45, 2.75) is 72.1 Å². The van der Waals surface area contributed by atoms with Gasteiger partial charge in [-0.15, -0.1) is 0 Å². The van der Waals surface area contributed by atoms with E-state index in [1.54, 1.807) is 35.8 Å². The van der Waals surface area contributed by atoms with Crippen LogP contribution in [0.5, 0.6) is 0 Å². The number of pyridine rings is 1. The molecule has 1 aromatic heterocycles. The number of halogens is 3. The number of rotatable bonds is 6. The van der Waals surface area contributed by atoms with Crippen molar-refractivity contribution in [3.63, 3.8) is 0 Å². The van der Waals surface area contributed by atoms with Crippen molar-refractivity contribution in [1.82, 2.24) is 14.8 Å². The molecule has 4 rings (SSSR count). The van der Waals surface area contributed by atoms with Gasteiger partial charge in [0.05, 0.1) is 16.3 Å². The zero-order valence-electron chi connectivity index (χ0n) is 26.9. The lowest BCUT2D eigenvalue weighted by atomic mass is 10.0. The van der Waals surface area contributed by atoms with Gasteiger partial charge in [0.25, 0.3) is 7.44 Å². The maximum atomic E-state index is 14.7. The lowest BCUT2D eigenvalue weighted by Gasteiger charge is -2.45. The number of ether oxygens (including phenoxy) is 1.